The second kappa shape index (κ2) is 6.19. The fourth-order valence-corrected chi connectivity index (χ4v) is 4.04. The van der Waals surface area contributed by atoms with Crippen LogP contribution >= 0.6 is 0 Å². The smallest absolute Gasteiger partial charge is 0.401 e. The summed E-state index contributed by atoms with van der Waals surface area (Å²) in [7, 11) is 0. The molecular formula is C18H20F3N3O2. The molecule has 2 aromatic rings. The lowest BCUT2D eigenvalue weighted by Gasteiger charge is -2.20. The zero-order valence-corrected chi connectivity index (χ0v) is 14.3. The van der Waals surface area contributed by atoms with Crippen LogP contribution in [0.2, 0.25) is 0 Å². The molecule has 1 unspecified atom stereocenters. The number of piperidine rings is 1. The van der Waals surface area contributed by atoms with Crippen molar-refractivity contribution < 1.29 is 22.7 Å². The molecule has 2 heterocycles. The molecule has 0 spiro atoms. The van der Waals surface area contributed by atoms with Gasteiger partial charge in [0.1, 0.15) is 5.75 Å². The number of likely N-dealkylation sites (tertiary alicyclic amines) is 1. The zero-order chi connectivity index (χ0) is 18.5. The largest absolute Gasteiger partial charge is 0.493 e. The molecule has 0 radical (unpaired) electrons. The van der Waals surface area contributed by atoms with E-state index in [4.69, 9.17) is 4.74 Å². The molecule has 2 fully saturated rings. The lowest BCUT2D eigenvalue weighted by molar-refractivity contribution is -0.145. The van der Waals surface area contributed by atoms with Crippen LogP contribution < -0.4 is 10.1 Å². The van der Waals surface area contributed by atoms with Gasteiger partial charge >= 0.3 is 6.18 Å². The van der Waals surface area contributed by atoms with E-state index in [1.54, 1.807) is 6.20 Å². The van der Waals surface area contributed by atoms with Crippen molar-refractivity contribution in [3.8, 4) is 5.75 Å². The number of carbonyl (C=O) groups is 1. The topological polar surface area (TPSA) is 57.4 Å². The lowest BCUT2D eigenvalue weighted by Crippen LogP contribution is -2.35. The Hall–Kier alpha value is -2.22. The standard InChI is InChI=1S/C18H20F3N3O2/c1-10(25)23-17-5-22-16-3-2-11(4-12(16)17)26-8-15-13-6-24(7-14(13)15)9-18(19,20)21/h2-5,13-15,22H,6-9H2,1H3,(H,23,25)/t13-,14+,15?. The highest BCUT2D eigenvalue weighted by Gasteiger charge is 2.56. The van der Waals surface area contributed by atoms with Crippen molar-refractivity contribution >= 4 is 22.5 Å². The molecular weight excluding hydrogens is 347 g/mol. The molecule has 0 bridgehead atoms. The summed E-state index contributed by atoms with van der Waals surface area (Å²) >= 11 is 0. The van der Waals surface area contributed by atoms with Crippen LogP contribution in [-0.2, 0) is 4.79 Å². The molecule has 1 aromatic carbocycles. The number of fused-ring (bicyclic) bond motifs is 2. The quantitative estimate of drug-likeness (QED) is 0.853. The van der Waals surface area contributed by atoms with Crippen LogP contribution in [0.4, 0.5) is 18.9 Å². The van der Waals surface area contributed by atoms with Gasteiger partial charge in [-0.2, -0.15) is 13.2 Å². The van der Waals surface area contributed by atoms with Gasteiger partial charge in [-0.3, -0.25) is 9.69 Å². The third-order valence-electron chi connectivity index (χ3n) is 5.26. The van der Waals surface area contributed by atoms with E-state index in [1.165, 1.54) is 11.8 Å². The minimum absolute atomic E-state index is 0.147. The second-order valence-electron chi connectivity index (χ2n) is 7.20. The van der Waals surface area contributed by atoms with Crippen LogP contribution in [0.5, 0.6) is 5.75 Å². The molecule has 2 N–H and O–H groups in total. The minimum atomic E-state index is -4.12. The van der Waals surface area contributed by atoms with Crippen molar-refractivity contribution in [2.24, 2.45) is 17.8 Å². The Bertz CT molecular complexity index is 821. The molecule has 3 atom stereocenters. The molecule has 1 aromatic heterocycles. The molecule has 26 heavy (non-hydrogen) atoms. The molecule has 1 aliphatic heterocycles. The van der Waals surface area contributed by atoms with Gasteiger partial charge in [-0.25, -0.2) is 0 Å². The summed E-state index contributed by atoms with van der Waals surface area (Å²) in [5, 5.41) is 3.63. The molecule has 2 aliphatic rings. The van der Waals surface area contributed by atoms with Crippen LogP contribution in [0.15, 0.2) is 24.4 Å². The van der Waals surface area contributed by atoms with Gasteiger partial charge in [0.2, 0.25) is 5.91 Å². The molecule has 5 nitrogen and oxygen atoms in total. The maximum Gasteiger partial charge on any atom is 0.401 e. The van der Waals surface area contributed by atoms with Crippen molar-refractivity contribution in [1.82, 2.24) is 9.88 Å². The number of halogens is 3. The maximum absolute atomic E-state index is 12.4. The third kappa shape index (κ3) is 3.51. The highest BCUT2D eigenvalue weighted by atomic mass is 19.4. The Kier molecular flexibility index (Phi) is 4.10. The van der Waals surface area contributed by atoms with E-state index in [9.17, 15) is 18.0 Å². The number of hydrogen-bond acceptors (Lipinski definition) is 3. The van der Waals surface area contributed by atoms with Gasteiger partial charge in [0.25, 0.3) is 0 Å². The number of nitrogens with zero attached hydrogens (tertiary/aromatic N) is 1. The van der Waals surface area contributed by atoms with Gasteiger partial charge in [0.15, 0.2) is 0 Å². The zero-order valence-electron chi connectivity index (χ0n) is 14.3. The fourth-order valence-electron chi connectivity index (χ4n) is 4.04. The van der Waals surface area contributed by atoms with E-state index in [-0.39, 0.29) is 5.91 Å². The first-order valence-corrected chi connectivity index (χ1v) is 8.61. The fraction of sp³-hybridized carbons (Fsp3) is 0.500. The van der Waals surface area contributed by atoms with E-state index in [1.807, 2.05) is 18.2 Å². The number of aromatic nitrogens is 1. The molecule has 140 valence electrons. The SMILES string of the molecule is CC(=O)Nc1c[nH]c2ccc(OCC3[C@H]4CN(CC(F)(F)F)C[C@@H]34)cc12. The Morgan fingerprint density at radius 2 is 2.08 bits per heavy atom. The number of benzene rings is 1. The number of nitrogens with one attached hydrogen (secondary N) is 2. The van der Waals surface area contributed by atoms with Crippen LogP contribution in [0.3, 0.4) is 0 Å². The van der Waals surface area contributed by atoms with Gasteiger partial charge in [0.05, 0.1) is 18.8 Å². The van der Waals surface area contributed by atoms with Gasteiger partial charge in [0, 0.05) is 43.0 Å². The number of hydrogen-bond donors (Lipinski definition) is 2. The highest BCUT2D eigenvalue weighted by molar-refractivity contribution is 6.01. The predicted molar refractivity (Wildman–Crippen MR) is 91.1 cm³/mol. The van der Waals surface area contributed by atoms with E-state index in [0.717, 1.165) is 10.9 Å². The first-order chi connectivity index (χ1) is 12.3. The average molecular weight is 367 g/mol. The number of ether oxygens (including phenoxy) is 1. The van der Waals surface area contributed by atoms with Crippen molar-refractivity contribution in [2.45, 2.75) is 13.1 Å². The predicted octanol–water partition coefficient (Wildman–Crippen LogP) is 3.25. The maximum atomic E-state index is 12.4. The van der Waals surface area contributed by atoms with Crippen molar-refractivity contribution in [3.05, 3.63) is 24.4 Å². The third-order valence-corrected chi connectivity index (χ3v) is 5.26. The summed E-state index contributed by atoms with van der Waals surface area (Å²) in [4.78, 5) is 15.8. The van der Waals surface area contributed by atoms with Gasteiger partial charge < -0.3 is 15.0 Å². The van der Waals surface area contributed by atoms with E-state index in [0.29, 0.717) is 48.9 Å². The summed E-state index contributed by atoms with van der Waals surface area (Å²) in [5.74, 6) is 1.50. The number of rotatable bonds is 5. The number of alkyl halides is 3. The minimum Gasteiger partial charge on any atom is -0.493 e. The van der Waals surface area contributed by atoms with Crippen LogP contribution in [0.25, 0.3) is 10.9 Å². The van der Waals surface area contributed by atoms with Gasteiger partial charge in [-0.1, -0.05) is 0 Å². The molecule has 1 aliphatic carbocycles. The number of aromatic amines is 1. The normalized spacial score (nSPS) is 25.3. The molecule has 4 rings (SSSR count). The Morgan fingerprint density at radius 3 is 2.73 bits per heavy atom. The van der Waals surface area contributed by atoms with Crippen molar-refractivity contribution in [1.29, 1.82) is 0 Å². The average Bonchev–Trinajstić information content (AvgIpc) is 2.88. The number of carbonyl (C=O) groups excluding carboxylic acids is 1. The lowest BCUT2D eigenvalue weighted by atomic mass is 10.2. The van der Waals surface area contributed by atoms with E-state index < -0.39 is 12.7 Å². The van der Waals surface area contributed by atoms with E-state index in [2.05, 4.69) is 10.3 Å². The second-order valence-corrected chi connectivity index (χ2v) is 7.20. The Labute approximate surface area is 148 Å². The van der Waals surface area contributed by atoms with Crippen LogP contribution in [-0.4, -0.2) is 48.2 Å². The molecule has 1 saturated carbocycles. The van der Waals surface area contributed by atoms with Crippen LogP contribution in [0, 0.1) is 17.8 Å². The van der Waals surface area contributed by atoms with Gasteiger partial charge in [-0.05, 0) is 30.0 Å². The van der Waals surface area contributed by atoms with E-state index >= 15 is 0 Å². The number of anilines is 1. The van der Waals surface area contributed by atoms with Gasteiger partial charge in [-0.15, -0.1) is 0 Å². The Balaban J connectivity index is 1.33. The summed E-state index contributed by atoms with van der Waals surface area (Å²) in [6.07, 6.45) is -2.39. The monoisotopic (exact) mass is 367 g/mol. The summed E-state index contributed by atoms with van der Waals surface area (Å²) < 4.78 is 43.2. The van der Waals surface area contributed by atoms with Crippen LogP contribution in [0.1, 0.15) is 6.92 Å². The first-order valence-electron chi connectivity index (χ1n) is 8.61. The molecule has 1 amide bonds. The summed E-state index contributed by atoms with van der Waals surface area (Å²) in [6, 6.07) is 5.60. The molecule has 8 heteroatoms. The molecule has 1 saturated heterocycles. The number of H-pyrrole nitrogens is 1. The first kappa shape index (κ1) is 17.2. The summed E-state index contributed by atoms with van der Waals surface area (Å²) in [5.41, 5.74) is 1.59. The number of amides is 1. The summed E-state index contributed by atoms with van der Waals surface area (Å²) in [6.45, 7) is 2.15. The highest BCUT2D eigenvalue weighted by Crippen LogP contribution is 2.52. The van der Waals surface area contributed by atoms with Crippen molar-refractivity contribution in [2.75, 3.05) is 31.6 Å². The Morgan fingerprint density at radius 1 is 1.35 bits per heavy atom. The van der Waals surface area contributed by atoms with Crippen molar-refractivity contribution in [3.63, 3.8) is 0 Å².